The zero-order valence-electron chi connectivity index (χ0n) is 12.0. The first-order chi connectivity index (χ1) is 9.47. The summed E-state index contributed by atoms with van der Waals surface area (Å²) in [7, 11) is 0. The molecule has 20 heavy (non-hydrogen) atoms. The number of benzene rings is 2. The lowest BCUT2D eigenvalue weighted by molar-refractivity contribution is 0.553. The van der Waals surface area contributed by atoms with Gasteiger partial charge < -0.3 is 5.32 Å². The van der Waals surface area contributed by atoms with Crippen molar-refractivity contribution in [1.82, 2.24) is 5.32 Å². The first kappa shape index (κ1) is 14.7. The lowest BCUT2D eigenvalue weighted by Gasteiger charge is -2.11. The minimum atomic E-state index is -0.331. The minimum absolute atomic E-state index is 0.295. The van der Waals surface area contributed by atoms with Crippen LogP contribution in [-0.2, 0) is 6.54 Å². The molecule has 0 aromatic heterocycles. The molecule has 0 atom stereocenters. The molecule has 106 valence electrons. The van der Waals surface area contributed by atoms with Crippen molar-refractivity contribution in [3.63, 3.8) is 0 Å². The zero-order chi connectivity index (χ0) is 14.7. The van der Waals surface area contributed by atoms with Crippen LogP contribution in [0.25, 0.3) is 11.1 Å². The summed E-state index contributed by atoms with van der Waals surface area (Å²) in [6, 6.07) is 10.0. The van der Waals surface area contributed by atoms with Gasteiger partial charge in [-0.15, -0.1) is 0 Å². The van der Waals surface area contributed by atoms with Gasteiger partial charge in [-0.3, -0.25) is 0 Å². The smallest absolute Gasteiger partial charge is 0.131 e. The summed E-state index contributed by atoms with van der Waals surface area (Å²) in [4.78, 5) is 0. The van der Waals surface area contributed by atoms with Crippen molar-refractivity contribution >= 4 is 0 Å². The number of hydrogen-bond acceptors (Lipinski definition) is 1. The summed E-state index contributed by atoms with van der Waals surface area (Å²) in [5, 5.41) is 3.17. The Kier molecular flexibility index (Phi) is 4.50. The molecule has 2 aromatic carbocycles. The maximum Gasteiger partial charge on any atom is 0.131 e. The van der Waals surface area contributed by atoms with E-state index in [0.29, 0.717) is 29.3 Å². The average Bonchev–Trinajstić information content (AvgIpc) is 2.40. The number of hydrogen-bond donors (Lipinski definition) is 1. The second-order valence-electron chi connectivity index (χ2n) is 5.33. The van der Waals surface area contributed by atoms with Crippen LogP contribution in [0.4, 0.5) is 8.78 Å². The van der Waals surface area contributed by atoms with Crippen LogP contribution < -0.4 is 5.32 Å². The largest absolute Gasteiger partial charge is 0.310 e. The maximum atomic E-state index is 14.1. The molecular weight excluding hydrogens is 256 g/mol. The molecule has 0 spiro atoms. The molecule has 0 heterocycles. The van der Waals surface area contributed by atoms with E-state index in [2.05, 4.69) is 5.32 Å². The third-order valence-electron chi connectivity index (χ3n) is 3.19. The standard InChI is InChI=1S/C17H19F2N/c1-11(2)20-10-14-6-5-13(9-17(14)19)15-8-12(3)4-7-16(15)18/h4-9,11,20H,10H2,1-3H3. The molecule has 0 fully saturated rings. The second kappa shape index (κ2) is 6.14. The van der Waals surface area contributed by atoms with Crippen LogP contribution in [0.15, 0.2) is 36.4 Å². The monoisotopic (exact) mass is 275 g/mol. The van der Waals surface area contributed by atoms with Crippen LogP contribution in [0.5, 0.6) is 0 Å². The lowest BCUT2D eigenvalue weighted by Crippen LogP contribution is -2.22. The van der Waals surface area contributed by atoms with Crippen molar-refractivity contribution in [2.45, 2.75) is 33.4 Å². The van der Waals surface area contributed by atoms with Crippen LogP contribution in [0.2, 0.25) is 0 Å². The third kappa shape index (κ3) is 3.42. The highest BCUT2D eigenvalue weighted by molar-refractivity contribution is 5.65. The minimum Gasteiger partial charge on any atom is -0.310 e. The molecule has 0 unspecified atom stereocenters. The Morgan fingerprint density at radius 2 is 1.75 bits per heavy atom. The van der Waals surface area contributed by atoms with Crippen molar-refractivity contribution in [2.24, 2.45) is 0 Å². The molecule has 1 N–H and O–H groups in total. The molecular formula is C17H19F2N. The molecule has 0 saturated heterocycles. The summed E-state index contributed by atoms with van der Waals surface area (Å²) in [6.45, 7) is 6.38. The Labute approximate surface area is 118 Å². The van der Waals surface area contributed by atoms with E-state index >= 15 is 0 Å². The summed E-state index contributed by atoms with van der Waals surface area (Å²) >= 11 is 0. The summed E-state index contributed by atoms with van der Waals surface area (Å²) in [6.07, 6.45) is 0. The van der Waals surface area contributed by atoms with E-state index in [9.17, 15) is 8.78 Å². The molecule has 3 heteroatoms. The fourth-order valence-corrected chi connectivity index (χ4v) is 2.03. The van der Waals surface area contributed by atoms with Crippen LogP contribution in [0.1, 0.15) is 25.0 Å². The molecule has 0 aliphatic carbocycles. The number of halogens is 2. The molecule has 2 aromatic rings. The molecule has 0 radical (unpaired) electrons. The fraction of sp³-hybridized carbons (Fsp3) is 0.294. The van der Waals surface area contributed by atoms with Gasteiger partial charge in [0.15, 0.2) is 0 Å². The summed E-state index contributed by atoms with van der Waals surface area (Å²) in [5.41, 5.74) is 2.55. The van der Waals surface area contributed by atoms with Gasteiger partial charge in [0.25, 0.3) is 0 Å². The van der Waals surface area contributed by atoms with Gasteiger partial charge in [-0.2, -0.15) is 0 Å². The van der Waals surface area contributed by atoms with Gasteiger partial charge in [-0.05, 0) is 30.7 Å². The summed E-state index contributed by atoms with van der Waals surface area (Å²) in [5.74, 6) is -0.639. The van der Waals surface area contributed by atoms with Crippen LogP contribution in [-0.4, -0.2) is 6.04 Å². The van der Waals surface area contributed by atoms with E-state index in [1.807, 2.05) is 20.8 Å². The van der Waals surface area contributed by atoms with Crippen molar-refractivity contribution in [3.05, 3.63) is 59.2 Å². The van der Waals surface area contributed by atoms with Gasteiger partial charge in [0.2, 0.25) is 0 Å². The maximum absolute atomic E-state index is 14.1. The van der Waals surface area contributed by atoms with E-state index in [4.69, 9.17) is 0 Å². The van der Waals surface area contributed by atoms with Crippen LogP contribution in [0, 0.1) is 18.6 Å². The Morgan fingerprint density at radius 1 is 1.00 bits per heavy atom. The predicted molar refractivity (Wildman–Crippen MR) is 78.5 cm³/mol. The SMILES string of the molecule is Cc1ccc(F)c(-c2ccc(CNC(C)C)c(F)c2)c1. The highest BCUT2D eigenvalue weighted by Gasteiger charge is 2.09. The molecule has 1 nitrogen and oxygen atoms in total. The molecule has 0 amide bonds. The number of rotatable bonds is 4. The van der Waals surface area contributed by atoms with Gasteiger partial charge in [0.05, 0.1) is 0 Å². The second-order valence-corrected chi connectivity index (χ2v) is 5.33. The van der Waals surface area contributed by atoms with Crippen molar-refractivity contribution in [2.75, 3.05) is 0 Å². The highest BCUT2D eigenvalue weighted by atomic mass is 19.1. The van der Waals surface area contributed by atoms with E-state index in [0.717, 1.165) is 5.56 Å². The Hall–Kier alpha value is -1.74. The Morgan fingerprint density at radius 3 is 2.40 bits per heavy atom. The fourth-order valence-electron chi connectivity index (χ4n) is 2.03. The molecule has 0 aliphatic rings. The quantitative estimate of drug-likeness (QED) is 0.870. The molecule has 0 aliphatic heterocycles. The first-order valence-corrected chi connectivity index (χ1v) is 6.75. The predicted octanol–water partition coefficient (Wildman–Crippen LogP) is 4.44. The van der Waals surface area contributed by atoms with E-state index in [1.54, 1.807) is 24.3 Å². The molecule has 0 saturated carbocycles. The van der Waals surface area contributed by atoms with Crippen molar-refractivity contribution in [3.8, 4) is 11.1 Å². The third-order valence-corrected chi connectivity index (χ3v) is 3.19. The number of nitrogens with one attached hydrogen (secondary N) is 1. The Balaban J connectivity index is 2.31. The Bertz CT molecular complexity index is 606. The number of aryl methyl sites for hydroxylation is 1. The van der Waals surface area contributed by atoms with Crippen LogP contribution >= 0.6 is 0 Å². The van der Waals surface area contributed by atoms with Crippen molar-refractivity contribution < 1.29 is 8.78 Å². The zero-order valence-corrected chi connectivity index (χ0v) is 12.0. The first-order valence-electron chi connectivity index (χ1n) is 6.75. The molecule has 2 rings (SSSR count). The highest BCUT2D eigenvalue weighted by Crippen LogP contribution is 2.25. The van der Waals surface area contributed by atoms with E-state index in [-0.39, 0.29) is 11.6 Å². The van der Waals surface area contributed by atoms with Gasteiger partial charge in [0, 0.05) is 23.7 Å². The van der Waals surface area contributed by atoms with Crippen LogP contribution in [0.3, 0.4) is 0 Å². The van der Waals surface area contributed by atoms with E-state index in [1.165, 1.54) is 12.1 Å². The normalized spacial score (nSPS) is 11.1. The van der Waals surface area contributed by atoms with Gasteiger partial charge in [-0.1, -0.05) is 37.6 Å². The van der Waals surface area contributed by atoms with Gasteiger partial charge >= 0.3 is 0 Å². The van der Waals surface area contributed by atoms with Gasteiger partial charge in [0.1, 0.15) is 11.6 Å². The average molecular weight is 275 g/mol. The summed E-state index contributed by atoms with van der Waals surface area (Å²) < 4.78 is 27.9. The van der Waals surface area contributed by atoms with E-state index < -0.39 is 0 Å². The lowest BCUT2D eigenvalue weighted by atomic mass is 10.0. The molecule has 0 bridgehead atoms. The van der Waals surface area contributed by atoms with Crippen molar-refractivity contribution in [1.29, 1.82) is 0 Å². The van der Waals surface area contributed by atoms with Gasteiger partial charge in [-0.25, -0.2) is 8.78 Å². The topological polar surface area (TPSA) is 12.0 Å².